The average molecular weight is 271 g/mol. The van der Waals surface area contributed by atoms with Gasteiger partial charge in [0, 0.05) is 32.2 Å². The molecule has 2 aromatic heterocycles. The fourth-order valence-electron chi connectivity index (χ4n) is 3.14. The average Bonchev–Trinajstić information content (AvgIpc) is 2.88. The zero-order valence-electron chi connectivity index (χ0n) is 11.3. The molecule has 6 heteroatoms. The Morgan fingerprint density at radius 2 is 1.95 bits per heavy atom. The Balaban J connectivity index is 1.59. The fraction of sp³-hybridized carbons (Fsp3) is 0.500. The summed E-state index contributed by atoms with van der Waals surface area (Å²) < 4.78 is 5.24. The van der Waals surface area contributed by atoms with E-state index in [2.05, 4.69) is 25.0 Å². The highest BCUT2D eigenvalue weighted by atomic mass is 16.3. The summed E-state index contributed by atoms with van der Waals surface area (Å²) in [5.74, 6) is 1.63. The van der Waals surface area contributed by atoms with Crippen LogP contribution in [0.1, 0.15) is 12.8 Å². The SMILES string of the molecule is c1ncc(-c2ccc(N3CCN4CCC3CC4)nn2)o1. The van der Waals surface area contributed by atoms with Gasteiger partial charge in [-0.15, -0.1) is 10.2 Å². The van der Waals surface area contributed by atoms with Crippen LogP contribution in [0.15, 0.2) is 29.1 Å². The minimum absolute atomic E-state index is 0.610. The number of fused-ring (bicyclic) bond motifs is 4. The van der Waals surface area contributed by atoms with Gasteiger partial charge in [-0.25, -0.2) is 4.98 Å². The molecule has 104 valence electrons. The first kappa shape index (κ1) is 11.8. The first-order valence-electron chi connectivity index (χ1n) is 7.12. The molecule has 3 aliphatic rings. The van der Waals surface area contributed by atoms with Gasteiger partial charge in [-0.2, -0.15) is 0 Å². The van der Waals surface area contributed by atoms with Crippen LogP contribution in [0.3, 0.4) is 0 Å². The maximum atomic E-state index is 5.24. The van der Waals surface area contributed by atoms with E-state index < -0.39 is 0 Å². The van der Waals surface area contributed by atoms with Crippen molar-refractivity contribution in [3.8, 4) is 11.5 Å². The van der Waals surface area contributed by atoms with Gasteiger partial charge in [0.15, 0.2) is 18.0 Å². The van der Waals surface area contributed by atoms with Crippen molar-refractivity contribution < 1.29 is 4.42 Å². The predicted octanol–water partition coefficient (Wildman–Crippen LogP) is 1.42. The minimum atomic E-state index is 0.610. The van der Waals surface area contributed by atoms with E-state index in [9.17, 15) is 0 Å². The molecular formula is C14H17N5O. The lowest BCUT2D eigenvalue weighted by molar-refractivity contribution is 0.250. The molecule has 0 amide bonds. The van der Waals surface area contributed by atoms with E-state index in [1.807, 2.05) is 12.1 Å². The van der Waals surface area contributed by atoms with Crippen molar-refractivity contribution >= 4 is 5.82 Å². The number of aromatic nitrogens is 3. The highest BCUT2D eigenvalue weighted by molar-refractivity contribution is 5.52. The molecule has 2 bridgehead atoms. The lowest BCUT2D eigenvalue weighted by atomic mass is 10.1. The quantitative estimate of drug-likeness (QED) is 0.823. The highest BCUT2D eigenvalue weighted by Gasteiger charge is 2.29. The maximum Gasteiger partial charge on any atom is 0.181 e. The molecule has 0 spiro atoms. The summed E-state index contributed by atoms with van der Waals surface area (Å²) in [5.41, 5.74) is 0.731. The standard InChI is InChI=1S/C14H17N5O/c1-2-14(17-16-12(1)13-9-15-10-20-13)19-8-7-18-5-3-11(19)4-6-18/h1-2,9-11H,3-8H2. The van der Waals surface area contributed by atoms with Gasteiger partial charge < -0.3 is 14.2 Å². The van der Waals surface area contributed by atoms with Gasteiger partial charge >= 0.3 is 0 Å². The van der Waals surface area contributed by atoms with Crippen molar-refractivity contribution in [3.63, 3.8) is 0 Å². The summed E-state index contributed by atoms with van der Waals surface area (Å²) in [4.78, 5) is 8.85. The van der Waals surface area contributed by atoms with Crippen molar-refractivity contribution in [2.45, 2.75) is 18.9 Å². The third-order valence-electron chi connectivity index (χ3n) is 4.28. The van der Waals surface area contributed by atoms with Crippen LogP contribution in [0, 0.1) is 0 Å². The van der Waals surface area contributed by atoms with Gasteiger partial charge in [-0.3, -0.25) is 0 Å². The Kier molecular flexibility index (Phi) is 2.88. The lowest BCUT2D eigenvalue weighted by Gasteiger charge is -2.31. The summed E-state index contributed by atoms with van der Waals surface area (Å²) in [6.07, 6.45) is 5.52. The second kappa shape index (κ2) is 4.86. The summed E-state index contributed by atoms with van der Waals surface area (Å²) >= 11 is 0. The van der Waals surface area contributed by atoms with E-state index in [-0.39, 0.29) is 0 Å². The van der Waals surface area contributed by atoms with Crippen molar-refractivity contribution in [2.75, 3.05) is 31.1 Å². The molecule has 3 aliphatic heterocycles. The van der Waals surface area contributed by atoms with Crippen molar-refractivity contribution in [1.29, 1.82) is 0 Å². The topological polar surface area (TPSA) is 58.3 Å². The fourth-order valence-corrected chi connectivity index (χ4v) is 3.14. The molecule has 6 nitrogen and oxygen atoms in total. The van der Waals surface area contributed by atoms with Crippen LogP contribution in [-0.4, -0.2) is 52.3 Å². The van der Waals surface area contributed by atoms with Gasteiger partial charge in [-0.05, 0) is 25.0 Å². The molecule has 3 saturated heterocycles. The largest absolute Gasteiger partial charge is 0.442 e. The Labute approximate surface area is 117 Å². The van der Waals surface area contributed by atoms with Gasteiger partial charge in [0.1, 0.15) is 5.69 Å². The number of nitrogens with zero attached hydrogens (tertiary/aromatic N) is 5. The number of oxazole rings is 1. The van der Waals surface area contributed by atoms with Crippen molar-refractivity contribution in [2.24, 2.45) is 0 Å². The Bertz CT molecular complexity index is 560. The highest BCUT2D eigenvalue weighted by Crippen LogP contribution is 2.26. The van der Waals surface area contributed by atoms with E-state index in [1.165, 1.54) is 32.3 Å². The Morgan fingerprint density at radius 1 is 1.05 bits per heavy atom. The number of hydrogen-bond donors (Lipinski definition) is 0. The van der Waals surface area contributed by atoms with Crippen LogP contribution >= 0.6 is 0 Å². The molecule has 0 aromatic carbocycles. The van der Waals surface area contributed by atoms with Crippen LogP contribution in [0.2, 0.25) is 0 Å². The van der Waals surface area contributed by atoms with Crippen molar-refractivity contribution in [3.05, 3.63) is 24.7 Å². The summed E-state index contributed by atoms with van der Waals surface area (Å²) in [6, 6.07) is 4.61. The van der Waals surface area contributed by atoms with E-state index in [0.29, 0.717) is 11.8 Å². The monoisotopic (exact) mass is 271 g/mol. The lowest BCUT2D eigenvalue weighted by Crippen LogP contribution is -2.38. The molecule has 0 saturated carbocycles. The van der Waals surface area contributed by atoms with Gasteiger partial charge in [0.2, 0.25) is 0 Å². The van der Waals surface area contributed by atoms with Gasteiger partial charge in [0.05, 0.1) is 6.20 Å². The molecule has 0 N–H and O–H groups in total. The molecule has 5 heterocycles. The third-order valence-corrected chi connectivity index (χ3v) is 4.28. The maximum absolute atomic E-state index is 5.24. The van der Waals surface area contributed by atoms with Crippen LogP contribution < -0.4 is 4.90 Å². The molecule has 0 unspecified atom stereocenters. The van der Waals surface area contributed by atoms with Gasteiger partial charge in [0.25, 0.3) is 0 Å². The van der Waals surface area contributed by atoms with Crippen LogP contribution in [0.4, 0.5) is 5.82 Å². The van der Waals surface area contributed by atoms with E-state index >= 15 is 0 Å². The zero-order chi connectivity index (χ0) is 13.4. The summed E-state index contributed by atoms with van der Waals surface area (Å²) in [5, 5.41) is 8.66. The molecule has 5 rings (SSSR count). The molecule has 2 aromatic rings. The smallest absolute Gasteiger partial charge is 0.181 e. The molecular weight excluding hydrogens is 254 g/mol. The molecule has 0 radical (unpaired) electrons. The Morgan fingerprint density at radius 3 is 2.65 bits per heavy atom. The number of hydrogen-bond acceptors (Lipinski definition) is 6. The summed E-state index contributed by atoms with van der Waals surface area (Å²) in [7, 11) is 0. The predicted molar refractivity (Wildman–Crippen MR) is 74.3 cm³/mol. The second-order valence-corrected chi connectivity index (χ2v) is 5.41. The second-order valence-electron chi connectivity index (χ2n) is 5.41. The first-order valence-corrected chi connectivity index (χ1v) is 7.12. The Hall–Kier alpha value is -1.95. The minimum Gasteiger partial charge on any atom is -0.442 e. The summed E-state index contributed by atoms with van der Waals surface area (Å²) in [6.45, 7) is 4.60. The molecule has 0 atom stereocenters. The molecule has 3 fully saturated rings. The van der Waals surface area contributed by atoms with Crippen LogP contribution in [0.5, 0.6) is 0 Å². The van der Waals surface area contributed by atoms with Crippen LogP contribution in [0.25, 0.3) is 11.5 Å². The van der Waals surface area contributed by atoms with Gasteiger partial charge in [-0.1, -0.05) is 0 Å². The number of anilines is 1. The normalized spacial score (nSPS) is 25.7. The number of piperidine rings is 1. The first-order chi connectivity index (χ1) is 9.90. The zero-order valence-corrected chi connectivity index (χ0v) is 11.3. The van der Waals surface area contributed by atoms with E-state index in [1.54, 1.807) is 6.20 Å². The number of rotatable bonds is 2. The van der Waals surface area contributed by atoms with E-state index in [0.717, 1.165) is 24.6 Å². The molecule has 20 heavy (non-hydrogen) atoms. The van der Waals surface area contributed by atoms with E-state index in [4.69, 9.17) is 4.42 Å². The van der Waals surface area contributed by atoms with Crippen molar-refractivity contribution in [1.82, 2.24) is 20.1 Å². The molecule has 0 aliphatic carbocycles. The van der Waals surface area contributed by atoms with Crippen LogP contribution in [-0.2, 0) is 0 Å². The third kappa shape index (κ3) is 2.06.